The van der Waals surface area contributed by atoms with E-state index in [1.807, 2.05) is 32.0 Å². The van der Waals surface area contributed by atoms with Crippen LogP contribution in [0.3, 0.4) is 0 Å². The summed E-state index contributed by atoms with van der Waals surface area (Å²) in [7, 11) is 0. The molecule has 1 heterocycles. The number of hydrogen-bond donors (Lipinski definition) is 1. The molecule has 2 nitrogen and oxygen atoms in total. The molecule has 1 aromatic heterocycles. The van der Waals surface area contributed by atoms with Crippen LogP contribution in [0, 0.1) is 0 Å². The Hall–Kier alpha value is -1.44. The first-order chi connectivity index (χ1) is 7.16. The lowest BCUT2D eigenvalue weighted by molar-refractivity contribution is 0.522. The smallest absolute Gasteiger partial charge is 0.134 e. The van der Waals surface area contributed by atoms with Crippen LogP contribution in [0.2, 0.25) is 0 Å². The molecule has 0 bridgehead atoms. The molecule has 0 aliphatic rings. The van der Waals surface area contributed by atoms with E-state index in [9.17, 15) is 0 Å². The van der Waals surface area contributed by atoms with Crippen LogP contribution in [0.1, 0.15) is 39.4 Å². The van der Waals surface area contributed by atoms with Gasteiger partial charge in [-0.1, -0.05) is 27.7 Å². The van der Waals surface area contributed by atoms with E-state index in [1.54, 1.807) is 0 Å². The average molecular weight is 205 g/mol. The highest BCUT2D eigenvalue weighted by atomic mass is 16.3. The fourth-order valence-corrected chi connectivity index (χ4v) is 1.37. The maximum Gasteiger partial charge on any atom is 0.134 e. The van der Waals surface area contributed by atoms with Crippen molar-refractivity contribution in [1.29, 1.82) is 0 Å². The van der Waals surface area contributed by atoms with Crippen LogP contribution in [-0.4, -0.2) is 0 Å². The summed E-state index contributed by atoms with van der Waals surface area (Å²) in [6.07, 6.45) is 0. The zero-order chi connectivity index (χ0) is 11.4. The third-order valence-electron chi connectivity index (χ3n) is 2.13. The van der Waals surface area contributed by atoms with Gasteiger partial charge in [-0.2, -0.15) is 0 Å². The van der Waals surface area contributed by atoms with Gasteiger partial charge in [-0.15, -0.1) is 0 Å². The summed E-state index contributed by atoms with van der Waals surface area (Å²) < 4.78 is 5.63. The highest BCUT2D eigenvalue weighted by molar-refractivity contribution is 5.81. The van der Waals surface area contributed by atoms with Crippen LogP contribution < -0.4 is 5.73 Å². The van der Waals surface area contributed by atoms with Crippen molar-refractivity contribution >= 4 is 16.7 Å². The molecule has 0 saturated carbocycles. The molecule has 2 N–H and O–H groups in total. The number of hydrogen-bond acceptors (Lipinski definition) is 2. The van der Waals surface area contributed by atoms with E-state index in [0.29, 0.717) is 5.92 Å². The minimum Gasteiger partial charge on any atom is -0.461 e. The normalized spacial score (nSPS) is 10.2. The lowest BCUT2D eigenvalue weighted by Gasteiger charge is -1.95. The van der Waals surface area contributed by atoms with Crippen molar-refractivity contribution in [1.82, 2.24) is 0 Å². The van der Waals surface area contributed by atoms with Crippen molar-refractivity contribution in [3.63, 3.8) is 0 Å². The molecule has 0 unspecified atom stereocenters. The zero-order valence-corrected chi connectivity index (χ0v) is 9.87. The van der Waals surface area contributed by atoms with Crippen molar-refractivity contribution in [2.75, 3.05) is 5.73 Å². The summed E-state index contributed by atoms with van der Waals surface area (Å²) in [6, 6.07) is 7.76. The number of rotatable bonds is 1. The van der Waals surface area contributed by atoms with Crippen molar-refractivity contribution in [3.05, 3.63) is 30.0 Å². The summed E-state index contributed by atoms with van der Waals surface area (Å²) in [5.74, 6) is 1.44. The second-order valence-corrected chi connectivity index (χ2v) is 3.60. The second-order valence-electron chi connectivity index (χ2n) is 3.60. The van der Waals surface area contributed by atoms with Crippen LogP contribution in [0.5, 0.6) is 0 Å². The number of nitrogen functional groups attached to an aromatic ring is 1. The van der Waals surface area contributed by atoms with Gasteiger partial charge in [0.1, 0.15) is 11.3 Å². The van der Waals surface area contributed by atoms with Gasteiger partial charge in [0.25, 0.3) is 0 Å². The quantitative estimate of drug-likeness (QED) is 0.710. The Morgan fingerprint density at radius 2 is 1.80 bits per heavy atom. The van der Waals surface area contributed by atoms with Gasteiger partial charge in [0, 0.05) is 17.0 Å². The number of anilines is 1. The number of furan rings is 1. The van der Waals surface area contributed by atoms with E-state index >= 15 is 0 Å². The van der Waals surface area contributed by atoms with Gasteiger partial charge in [0.2, 0.25) is 0 Å². The molecular weight excluding hydrogens is 186 g/mol. The molecule has 0 saturated heterocycles. The number of nitrogens with two attached hydrogens (primary N) is 1. The average Bonchev–Trinajstić information content (AvgIpc) is 2.63. The van der Waals surface area contributed by atoms with Gasteiger partial charge in [0.15, 0.2) is 0 Å². The van der Waals surface area contributed by atoms with Gasteiger partial charge >= 0.3 is 0 Å². The molecule has 0 fully saturated rings. The van der Waals surface area contributed by atoms with E-state index < -0.39 is 0 Å². The third-order valence-corrected chi connectivity index (χ3v) is 2.13. The minimum absolute atomic E-state index is 0.425. The molecule has 0 aliphatic carbocycles. The Morgan fingerprint density at radius 3 is 2.40 bits per heavy atom. The topological polar surface area (TPSA) is 39.2 Å². The molecular formula is C13H19NO. The molecule has 15 heavy (non-hydrogen) atoms. The molecule has 2 rings (SSSR count). The van der Waals surface area contributed by atoms with E-state index in [4.69, 9.17) is 10.2 Å². The predicted molar refractivity (Wildman–Crippen MR) is 66.1 cm³/mol. The van der Waals surface area contributed by atoms with Crippen LogP contribution in [0.4, 0.5) is 5.69 Å². The van der Waals surface area contributed by atoms with Crippen LogP contribution in [-0.2, 0) is 0 Å². The van der Waals surface area contributed by atoms with E-state index in [0.717, 1.165) is 22.4 Å². The van der Waals surface area contributed by atoms with Gasteiger partial charge in [-0.25, -0.2) is 0 Å². The summed E-state index contributed by atoms with van der Waals surface area (Å²) in [4.78, 5) is 0. The Kier molecular flexibility index (Phi) is 3.78. The largest absolute Gasteiger partial charge is 0.461 e. The third kappa shape index (κ3) is 2.52. The maximum absolute atomic E-state index is 5.67. The van der Waals surface area contributed by atoms with Crippen LogP contribution >= 0.6 is 0 Å². The molecule has 0 spiro atoms. The van der Waals surface area contributed by atoms with E-state index in [-0.39, 0.29) is 0 Å². The van der Waals surface area contributed by atoms with Crippen molar-refractivity contribution < 1.29 is 4.42 Å². The Labute approximate surface area is 91.1 Å². The Balaban J connectivity index is 0.000000531. The first kappa shape index (κ1) is 11.6. The molecule has 0 aliphatic heterocycles. The lowest BCUT2D eigenvalue weighted by Crippen LogP contribution is -1.81. The van der Waals surface area contributed by atoms with Crippen molar-refractivity contribution in [3.8, 4) is 0 Å². The van der Waals surface area contributed by atoms with Crippen molar-refractivity contribution in [2.24, 2.45) is 0 Å². The second kappa shape index (κ2) is 4.87. The van der Waals surface area contributed by atoms with Gasteiger partial charge in [-0.05, 0) is 24.3 Å². The molecule has 0 radical (unpaired) electrons. The fraction of sp³-hybridized carbons (Fsp3) is 0.385. The Bertz CT molecular complexity index is 429. The SMILES string of the molecule is CC.CC(C)c1cc2cc(N)ccc2o1. The monoisotopic (exact) mass is 205 g/mol. The molecule has 0 amide bonds. The predicted octanol–water partition coefficient (Wildman–Crippen LogP) is 4.16. The summed E-state index contributed by atoms with van der Waals surface area (Å²) in [6.45, 7) is 8.22. The summed E-state index contributed by atoms with van der Waals surface area (Å²) in [5.41, 5.74) is 7.36. The molecule has 2 heteroatoms. The fourth-order valence-electron chi connectivity index (χ4n) is 1.37. The minimum atomic E-state index is 0.425. The highest BCUT2D eigenvalue weighted by Crippen LogP contribution is 2.25. The number of benzene rings is 1. The molecule has 1 aromatic carbocycles. The number of fused-ring (bicyclic) bond motifs is 1. The molecule has 2 aromatic rings. The van der Waals surface area contributed by atoms with Crippen LogP contribution in [0.25, 0.3) is 11.0 Å². The first-order valence-electron chi connectivity index (χ1n) is 5.46. The summed E-state index contributed by atoms with van der Waals surface area (Å²) >= 11 is 0. The van der Waals surface area contributed by atoms with Gasteiger partial charge < -0.3 is 10.2 Å². The van der Waals surface area contributed by atoms with Crippen molar-refractivity contribution in [2.45, 2.75) is 33.6 Å². The van der Waals surface area contributed by atoms with Gasteiger partial charge in [0.05, 0.1) is 0 Å². The molecule has 0 atom stereocenters. The summed E-state index contributed by atoms with van der Waals surface area (Å²) in [5, 5.41) is 1.09. The Morgan fingerprint density at radius 1 is 1.13 bits per heavy atom. The highest BCUT2D eigenvalue weighted by Gasteiger charge is 2.06. The maximum atomic E-state index is 5.67. The standard InChI is InChI=1S/C11H13NO.C2H6/c1-7(2)11-6-8-5-9(12)3-4-10(8)13-11;1-2/h3-7H,12H2,1-2H3;1-2H3. The van der Waals surface area contributed by atoms with Crippen LogP contribution in [0.15, 0.2) is 28.7 Å². The van der Waals surface area contributed by atoms with E-state index in [1.165, 1.54) is 0 Å². The zero-order valence-electron chi connectivity index (χ0n) is 9.87. The lowest BCUT2D eigenvalue weighted by atomic mass is 10.1. The van der Waals surface area contributed by atoms with E-state index in [2.05, 4.69) is 19.9 Å². The first-order valence-corrected chi connectivity index (χ1v) is 5.46. The van der Waals surface area contributed by atoms with Gasteiger partial charge in [-0.3, -0.25) is 0 Å². The molecule has 82 valence electrons.